The van der Waals surface area contributed by atoms with Crippen LogP contribution in [-0.2, 0) is 0 Å². The SMILES string of the molecule is CCC(C)c1nc(N2CC3CCC2C3)sc1C=O. The molecule has 1 aliphatic heterocycles. The molecule has 98 valence electrons. The number of anilines is 1. The van der Waals surface area contributed by atoms with Gasteiger partial charge in [0.2, 0.25) is 0 Å². The van der Waals surface area contributed by atoms with Crippen molar-refractivity contribution in [1.29, 1.82) is 0 Å². The van der Waals surface area contributed by atoms with Crippen molar-refractivity contribution in [1.82, 2.24) is 4.98 Å². The van der Waals surface area contributed by atoms with Crippen molar-refractivity contribution in [3.05, 3.63) is 10.6 Å². The van der Waals surface area contributed by atoms with E-state index in [0.29, 0.717) is 12.0 Å². The van der Waals surface area contributed by atoms with Crippen molar-refractivity contribution >= 4 is 22.8 Å². The molecule has 0 aromatic carbocycles. The van der Waals surface area contributed by atoms with Gasteiger partial charge in [-0.15, -0.1) is 0 Å². The van der Waals surface area contributed by atoms with Crippen LogP contribution in [0.3, 0.4) is 0 Å². The fraction of sp³-hybridized carbons (Fsp3) is 0.714. The van der Waals surface area contributed by atoms with Gasteiger partial charge in [-0.05, 0) is 37.5 Å². The topological polar surface area (TPSA) is 33.2 Å². The van der Waals surface area contributed by atoms with E-state index in [1.807, 2.05) is 0 Å². The van der Waals surface area contributed by atoms with Crippen LogP contribution in [0.2, 0.25) is 0 Å². The molecular weight excluding hydrogens is 244 g/mol. The molecule has 0 N–H and O–H groups in total. The van der Waals surface area contributed by atoms with Crippen LogP contribution in [0, 0.1) is 5.92 Å². The summed E-state index contributed by atoms with van der Waals surface area (Å²) in [6.07, 6.45) is 6.03. The standard InChI is InChI=1S/C14H20N2OS/c1-3-9(2)13-12(8-17)18-14(15-13)16-7-10-4-5-11(16)6-10/h8-11H,3-7H2,1-2H3. The second-order valence-electron chi connectivity index (χ2n) is 5.66. The maximum absolute atomic E-state index is 11.2. The first-order chi connectivity index (χ1) is 8.72. The van der Waals surface area contributed by atoms with Gasteiger partial charge in [-0.2, -0.15) is 0 Å². The van der Waals surface area contributed by atoms with Gasteiger partial charge in [-0.1, -0.05) is 25.2 Å². The summed E-state index contributed by atoms with van der Waals surface area (Å²) in [5.74, 6) is 1.25. The van der Waals surface area contributed by atoms with Gasteiger partial charge in [0.25, 0.3) is 0 Å². The van der Waals surface area contributed by atoms with E-state index in [0.717, 1.165) is 40.9 Å². The molecule has 4 heteroatoms. The van der Waals surface area contributed by atoms with E-state index < -0.39 is 0 Å². The molecule has 3 rings (SSSR count). The summed E-state index contributed by atoms with van der Waals surface area (Å²) in [5, 5.41) is 1.08. The van der Waals surface area contributed by atoms with E-state index in [1.54, 1.807) is 11.3 Å². The number of fused-ring (bicyclic) bond motifs is 2. The molecule has 0 amide bonds. The Labute approximate surface area is 112 Å². The van der Waals surface area contributed by atoms with E-state index in [1.165, 1.54) is 19.3 Å². The van der Waals surface area contributed by atoms with Crippen molar-refractivity contribution in [2.24, 2.45) is 5.92 Å². The summed E-state index contributed by atoms with van der Waals surface area (Å²) >= 11 is 1.59. The highest BCUT2D eigenvalue weighted by molar-refractivity contribution is 7.17. The number of hydrogen-bond acceptors (Lipinski definition) is 4. The minimum absolute atomic E-state index is 0.384. The first-order valence-corrected chi connectivity index (χ1v) is 7.77. The molecule has 1 saturated carbocycles. The Morgan fingerprint density at radius 2 is 2.39 bits per heavy atom. The Hall–Kier alpha value is -0.900. The maximum atomic E-state index is 11.2. The van der Waals surface area contributed by atoms with E-state index in [2.05, 4.69) is 18.7 Å². The number of thiazole rings is 1. The van der Waals surface area contributed by atoms with E-state index >= 15 is 0 Å². The molecule has 3 atom stereocenters. The molecule has 1 aromatic rings. The summed E-state index contributed by atoms with van der Waals surface area (Å²) in [7, 11) is 0. The third kappa shape index (κ3) is 1.87. The second-order valence-corrected chi connectivity index (χ2v) is 6.67. The van der Waals surface area contributed by atoms with Gasteiger partial charge >= 0.3 is 0 Å². The molecule has 2 heterocycles. The average Bonchev–Trinajstić information content (AvgIpc) is 3.10. The number of aldehydes is 1. The number of carbonyl (C=O) groups excluding carboxylic acids is 1. The van der Waals surface area contributed by atoms with Gasteiger partial charge < -0.3 is 4.90 Å². The van der Waals surface area contributed by atoms with Crippen LogP contribution in [0.15, 0.2) is 0 Å². The van der Waals surface area contributed by atoms with Gasteiger partial charge in [0.1, 0.15) is 0 Å². The Morgan fingerprint density at radius 1 is 1.56 bits per heavy atom. The summed E-state index contributed by atoms with van der Waals surface area (Å²) in [5.41, 5.74) is 1.01. The molecule has 1 aromatic heterocycles. The van der Waals surface area contributed by atoms with Gasteiger partial charge in [0.05, 0.1) is 10.6 Å². The first-order valence-electron chi connectivity index (χ1n) is 6.95. The normalized spacial score (nSPS) is 27.8. The maximum Gasteiger partial charge on any atom is 0.186 e. The van der Waals surface area contributed by atoms with Crippen LogP contribution >= 0.6 is 11.3 Å². The van der Waals surface area contributed by atoms with Crippen molar-refractivity contribution in [2.75, 3.05) is 11.4 Å². The lowest BCUT2D eigenvalue weighted by molar-refractivity contribution is 0.112. The van der Waals surface area contributed by atoms with Crippen LogP contribution in [0.1, 0.15) is 60.8 Å². The van der Waals surface area contributed by atoms with Crippen LogP contribution in [0.4, 0.5) is 5.13 Å². The van der Waals surface area contributed by atoms with E-state index in [4.69, 9.17) is 4.98 Å². The summed E-state index contributed by atoms with van der Waals surface area (Å²) in [6, 6.07) is 0.686. The highest BCUT2D eigenvalue weighted by atomic mass is 32.1. The molecule has 2 fully saturated rings. The number of carbonyl (C=O) groups is 1. The fourth-order valence-corrected chi connectivity index (χ4v) is 4.33. The van der Waals surface area contributed by atoms with Gasteiger partial charge in [0.15, 0.2) is 11.4 Å². The smallest absolute Gasteiger partial charge is 0.186 e. The van der Waals surface area contributed by atoms with E-state index in [-0.39, 0.29) is 0 Å². The number of hydrogen-bond donors (Lipinski definition) is 0. The second kappa shape index (κ2) is 4.65. The van der Waals surface area contributed by atoms with Crippen LogP contribution in [0.5, 0.6) is 0 Å². The molecule has 18 heavy (non-hydrogen) atoms. The highest BCUT2D eigenvalue weighted by Crippen LogP contribution is 2.42. The van der Waals surface area contributed by atoms with Gasteiger partial charge in [0, 0.05) is 12.6 Å². The minimum atomic E-state index is 0.384. The Kier molecular flexibility index (Phi) is 3.14. The van der Waals surface area contributed by atoms with Crippen molar-refractivity contribution in [3.8, 4) is 0 Å². The molecule has 3 nitrogen and oxygen atoms in total. The molecule has 0 spiro atoms. The van der Waals surface area contributed by atoms with Gasteiger partial charge in [-0.3, -0.25) is 4.79 Å². The van der Waals surface area contributed by atoms with Gasteiger partial charge in [-0.25, -0.2) is 4.98 Å². The number of rotatable bonds is 4. The van der Waals surface area contributed by atoms with Crippen LogP contribution in [0.25, 0.3) is 0 Å². The predicted octanol–water partition coefficient (Wildman–Crippen LogP) is 3.46. The van der Waals surface area contributed by atoms with Crippen molar-refractivity contribution in [2.45, 2.75) is 51.5 Å². The number of nitrogens with zero attached hydrogens (tertiary/aromatic N) is 2. The lowest BCUT2D eigenvalue weighted by Gasteiger charge is -2.26. The molecule has 2 aliphatic rings. The monoisotopic (exact) mass is 264 g/mol. The van der Waals surface area contributed by atoms with Crippen LogP contribution in [-0.4, -0.2) is 23.9 Å². The third-order valence-corrected chi connectivity index (χ3v) is 5.54. The molecule has 0 radical (unpaired) electrons. The highest BCUT2D eigenvalue weighted by Gasteiger charge is 2.39. The zero-order valence-corrected chi connectivity index (χ0v) is 11.9. The summed E-state index contributed by atoms with van der Waals surface area (Å²) in [4.78, 5) is 19.2. The summed E-state index contributed by atoms with van der Waals surface area (Å²) < 4.78 is 0. The van der Waals surface area contributed by atoms with Crippen molar-refractivity contribution < 1.29 is 4.79 Å². The van der Waals surface area contributed by atoms with Crippen molar-refractivity contribution in [3.63, 3.8) is 0 Å². The quantitative estimate of drug-likeness (QED) is 0.781. The fourth-order valence-electron chi connectivity index (χ4n) is 3.24. The third-order valence-electron chi connectivity index (χ3n) is 4.51. The molecule has 1 aliphatic carbocycles. The Bertz CT molecular complexity index is 457. The molecule has 1 saturated heterocycles. The zero-order chi connectivity index (χ0) is 12.7. The number of piperidine rings is 1. The minimum Gasteiger partial charge on any atom is -0.345 e. The van der Waals surface area contributed by atoms with E-state index in [9.17, 15) is 4.79 Å². The molecule has 3 unspecified atom stereocenters. The summed E-state index contributed by atoms with van der Waals surface area (Å²) in [6.45, 7) is 5.45. The Morgan fingerprint density at radius 3 is 2.94 bits per heavy atom. The molecular formula is C14H20N2OS. The first kappa shape index (κ1) is 12.2. The lowest BCUT2D eigenvalue weighted by atomic mass is 10.0. The average molecular weight is 264 g/mol. The Balaban J connectivity index is 1.89. The van der Waals surface area contributed by atoms with Crippen LogP contribution < -0.4 is 4.90 Å². The predicted molar refractivity (Wildman–Crippen MR) is 74.7 cm³/mol. The largest absolute Gasteiger partial charge is 0.345 e. The molecule has 2 bridgehead atoms. The zero-order valence-electron chi connectivity index (χ0n) is 11.1. The lowest BCUT2D eigenvalue weighted by Crippen LogP contribution is -2.31. The number of aromatic nitrogens is 1.